The Kier molecular flexibility index (Phi) is 6.13. The number of rotatable bonds is 6. The Labute approximate surface area is 166 Å². The van der Waals surface area contributed by atoms with Gasteiger partial charge in [0.1, 0.15) is 30.6 Å². The minimum atomic E-state index is -0.784. The van der Waals surface area contributed by atoms with Crippen LogP contribution in [-0.2, 0) is 37.5 Å². The number of hydrogen-bond acceptors (Lipinski definition) is 8. The highest BCUT2D eigenvalue weighted by atomic mass is 19.1. The highest BCUT2D eigenvalue weighted by Gasteiger charge is 2.34. The molecule has 0 bridgehead atoms. The van der Waals surface area contributed by atoms with Crippen LogP contribution in [0.4, 0.5) is 10.1 Å². The lowest BCUT2D eigenvalue weighted by molar-refractivity contribution is -0.140. The average Bonchev–Trinajstić information content (AvgIpc) is 3.16. The van der Waals surface area contributed by atoms with E-state index < -0.39 is 17.8 Å². The number of anilines is 1. The first kappa shape index (κ1) is 20.3. The summed E-state index contributed by atoms with van der Waals surface area (Å²) in [6, 6.07) is 5.61. The van der Waals surface area contributed by atoms with Gasteiger partial charge >= 0.3 is 11.9 Å². The van der Waals surface area contributed by atoms with Gasteiger partial charge in [0, 0.05) is 19.3 Å². The van der Waals surface area contributed by atoms with Gasteiger partial charge in [-0.25, -0.2) is 14.0 Å². The first-order valence-corrected chi connectivity index (χ1v) is 8.60. The third-order valence-corrected chi connectivity index (χ3v) is 4.19. The first-order chi connectivity index (χ1) is 13.9. The van der Waals surface area contributed by atoms with Gasteiger partial charge in [0.2, 0.25) is 0 Å². The van der Waals surface area contributed by atoms with Crippen LogP contribution in [0.25, 0.3) is 0 Å². The summed E-state index contributed by atoms with van der Waals surface area (Å²) in [6.45, 7) is -0.142. The Morgan fingerprint density at radius 1 is 1.21 bits per heavy atom. The molecule has 0 N–H and O–H groups in total. The van der Waals surface area contributed by atoms with Gasteiger partial charge in [0.15, 0.2) is 0 Å². The molecule has 2 aromatic rings. The highest BCUT2D eigenvalue weighted by molar-refractivity contribution is 6.03. The molecule has 0 radical (unpaired) electrons. The van der Waals surface area contributed by atoms with E-state index in [-0.39, 0.29) is 42.7 Å². The number of benzene rings is 1. The summed E-state index contributed by atoms with van der Waals surface area (Å²) in [4.78, 5) is 25.9. The molecule has 0 aliphatic carbocycles. The number of hydrogen-bond donors (Lipinski definition) is 0. The predicted octanol–water partition coefficient (Wildman–Crippen LogP) is 1.53. The minimum Gasteiger partial charge on any atom is -0.485 e. The molecule has 10 heteroatoms. The third kappa shape index (κ3) is 4.37. The van der Waals surface area contributed by atoms with E-state index in [1.165, 1.54) is 37.3 Å². The van der Waals surface area contributed by atoms with Crippen molar-refractivity contribution in [2.75, 3.05) is 32.5 Å². The molecule has 0 unspecified atom stereocenters. The molecule has 0 amide bonds. The molecule has 0 saturated carbocycles. The normalized spacial score (nSPS) is 14.0. The number of methoxy groups -OCH3 is 2. The Morgan fingerprint density at radius 2 is 1.97 bits per heavy atom. The lowest BCUT2D eigenvalue weighted by atomic mass is 10.1. The first-order valence-electron chi connectivity index (χ1n) is 8.60. The van der Waals surface area contributed by atoms with Crippen LogP contribution in [-0.4, -0.2) is 49.3 Å². The van der Waals surface area contributed by atoms with E-state index in [1.807, 2.05) is 0 Å². The van der Waals surface area contributed by atoms with Crippen LogP contribution < -0.4 is 9.64 Å². The molecule has 1 aromatic carbocycles. The largest absolute Gasteiger partial charge is 0.485 e. The standard InChI is InChI=1S/C19H20FN3O6/c1-22-7-6-13(21-22)9-29-16-5-4-12(20)8-15(16)23-11-28-10-14(18(24)26-2)17(23)19(25)27-3/h4-8H,9-11H2,1-3H3. The summed E-state index contributed by atoms with van der Waals surface area (Å²) in [7, 11) is 4.15. The van der Waals surface area contributed by atoms with Crippen molar-refractivity contribution >= 4 is 17.6 Å². The fourth-order valence-electron chi connectivity index (χ4n) is 2.85. The number of halogens is 1. The minimum absolute atomic E-state index is 0.0365. The predicted molar refractivity (Wildman–Crippen MR) is 98.3 cm³/mol. The summed E-state index contributed by atoms with van der Waals surface area (Å²) in [5, 5.41) is 4.22. The van der Waals surface area contributed by atoms with Crippen LogP contribution in [0.1, 0.15) is 5.69 Å². The van der Waals surface area contributed by atoms with E-state index >= 15 is 0 Å². The van der Waals surface area contributed by atoms with Crippen LogP contribution in [0.5, 0.6) is 5.75 Å². The van der Waals surface area contributed by atoms with Gasteiger partial charge in [-0.15, -0.1) is 0 Å². The van der Waals surface area contributed by atoms with Crippen molar-refractivity contribution in [1.29, 1.82) is 0 Å². The lowest BCUT2D eigenvalue weighted by Crippen LogP contribution is -2.39. The van der Waals surface area contributed by atoms with E-state index in [9.17, 15) is 14.0 Å². The smallest absolute Gasteiger partial charge is 0.355 e. The third-order valence-electron chi connectivity index (χ3n) is 4.19. The number of carbonyl (C=O) groups excluding carboxylic acids is 2. The number of aromatic nitrogens is 2. The van der Waals surface area contributed by atoms with Gasteiger partial charge in [-0.2, -0.15) is 5.10 Å². The molecule has 1 aliphatic rings. The second-order valence-electron chi connectivity index (χ2n) is 6.10. The zero-order valence-corrected chi connectivity index (χ0v) is 16.2. The molecule has 3 rings (SSSR count). The fraction of sp³-hybridized carbons (Fsp3) is 0.316. The molecule has 1 aromatic heterocycles. The molecular weight excluding hydrogens is 385 g/mol. The number of nitrogens with zero attached hydrogens (tertiary/aromatic N) is 3. The van der Waals surface area contributed by atoms with E-state index in [2.05, 4.69) is 5.10 Å². The maximum Gasteiger partial charge on any atom is 0.355 e. The molecule has 29 heavy (non-hydrogen) atoms. The zero-order valence-electron chi connectivity index (χ0n) is 16.2. The van der Waals surface area contributed by atoms with E-state index in [0.29, 0.717) is 5.69 Å². The Balaban J connectivity index is 2.01. The lowest BCUT2D eigenvalue weighted by Gasteiger charge is -2.32. The molecule has 1 aliphatic heterocycles. The van der Waals surface area contributed by atoms with E-state index in [1.54, 1.807) is 24.0 Å². The Bertz CT molecular complexity index is 955. The average molecular weight is 405 g/mol. The molecular formula is C19H20FN3O6. The van der Waals surface area contributed by atoms with E-state index in [0.717, 1.165) is 0 Å². The number of ether oxygens (including phenoxy) is 4. The zero-order chi connectivity index (χ0) is 21.0. The molecule has 9 nitrogen and oxygen atoms in total. The number of esters is 2. The second-order valence-corrected chi connectivity index (χ2v) is 6.10. The topological polar surface area (TPSA) is 92.1 Å². The van der Waals surface area contributed by atoms with Gasteiger partial charge in [0.25, 0.3) is 0 Å². The number of carbonyl (C=O) groups is 2. The van der Waals surface area contributed by atoms with Gasteiger partial charge < -0.3 is 23.8 Å². The summed E-state index contributed by atoms with van der Waals surface area (Å²) >= 11 is 0. The summed E-state index contributed by atoms with van der Waals surface area (Å²) in [5.41, 5.74) is 0.725. The van der Waals surface area contributed by atoms with Crippen molar-refractivity contribution in [1.82, 2.24) is 9.78 Å². The molecule has 154 valence electrons. The highest BCUT2D eigenvalue weighted by Crippen LogP contribution is 2.35. The second kappa shape index (κ2) is 8.74. The molecule has 2 heterocycles. The summed E-state index contributed by atoms with van der Waals surface area (Å²) < 4.78 is 36.4. The van der Waals surface area contributed by atoms with Gasteiger partial charge in [-0.3, -0.25) is 4.68 Å². The molecule has 0 spiro atoms. The fourth-order valence-corrected chi connectivity index (χ4v) is 2.85. The van der Waals surface area contributed by atoms with Crippen molar-refractivity contribution in [3.05, 3.63) is 53.2 Å². The van der Waals surface area contributed by atoms with Crippen LogP contribution in [0.3, 0.4) is 0 Å². The van der Waals surface area contributed by atoms with Crippen molar-refractivity contribution in [3.63, 3.8) is 0 Å². The van der Waals surface area contributed by atoms with Crippen molar-refractivity contribution in [2.45, 2.75) is 6.61 Å². The van der Waals surface area contributed by atoms with Crippen molar-refractivity contribution in [2.24, 2.45) is 7.05 Å². The molecule has 0 atom stereocenters. The quantitative estimate of drug-likeness (QED) is 0.669. The maximum atomic E-state index is 14.0. The van der Waals surface area contributed by atoms with Crippen LogP contribution in [0.2, 0.25) is 0 Å². The van der Waals surface area contributed by atoms with Crippen LogP contribution in [0, 0.1) is 5.82 Å². The molecule has 0 saturated heterocycles. The van der Waals surface area contributed by atoms with Crippen LogP contribution in [0.15, 0.2) is 41.7 Å². The summed E-state index contributed by atoms with van der Waals surface area (Å²) in [5.74, 6) is -1.82. The number of aryl methyl sites for hydroxylation is 1. The van der Waals surface area contributed by atoms with Crippen LogP contribution >= 0.6 is 0 Å². The Hall–Kier alpha value is -3.40. The van der Waals surface area contributed by atoms with Gasteiger partial charge in [-0.1, -0.05) is 0 Å². The SMILES string of the molecule is COC(=O)C1=C(C(=O)OC)N(c2cc(F)ccc2OCc2ccn(C)n2)COC1. The monoisotopic (exact) mass is 405 g/mol. The Morgan fingerprint density at radius 3 is 2.62 bits per heavy atom. The van der Waals surface area contributed by atoms with Gasteiger partial charge in [-0.05, 0) is 18.2 Å². The van der Waals surface area contributed by atoms with Crippen molar-refractivity contribution < 1.29 is 32.9 Å². The maximum absolute atomic E-state index is 14.0. The molecule has 0 fully saturated rings. The summed E-state index contributed by atoms with van der Waals surface area (Å²) in [6.07, 6.45) is 1.77. The van der Waals surface area contributed by atoms with E-state index in [4.69, 9.17) is 18.9 Å². The van der Waals surface area contributed by atoms with Crippen molar-refractivity contribution in [3.8, 4) is 5.75 Å². The van der Waals surface area contributed by atoms with Gasteiger partial charge in [0.05, 0.1) is 37.8 Å².